The smallest absolute Gasteiger partial charge is 0.260 e. The lowest BCUT2D eigenvalue weighted by Gasteiger charge is -2.27. The number of hydrogen-bond donors (Lipinski definition) is 0. The van der Waals surface area contributed by atoms with Crippen LogP contribution in [0.4, 0.5) is 13.2 Å². The average Bonchev–Trinajstić information content (AvgIpc) is 1.93. The summed E-state index contributed by atoms with van der Waals surface area (Å²) in [5.41, 5.74) is -5.32. The van der Waals surface area contributed by atoms with E-state index < -0.39 is 21.7 Å². The van der Waals surface area contributed by atoms with E-state index in [-0.39, 0.29) is 0 Å². The number of alkyl halides is 3. The molecule has 1 saturated carbocycles. The van der Waals surface area contributed by atoms with Crippen molar-refractivity contribution in [1.29, 1.82) is 0 Å². The summed E-state index contributed by atoms with van der Waals surface area (Å²) in [5, 5.41) is 0. The molecular formula is C8H13F3O3S. The fourth-order valence-electron chi connectivity index (χ4n) is 1.51. The van der Waals surface area contributed by atoms with Gasteiger partial charge in [0.15, 0.2) is 0 Å². The first-order valence-electron chi connectivity index (χ1n) is 4.72. The molecule has 1 fully saturated rings. The van der Waals surface area contributed by atoms with Crippen LogP contribution in [0.5, 0.6) is 0 Å². The predicted octanol–water partition coefficient (Wildman–Crippen LogP) is 2.43. The van der Waals surface area contributed by atoms with Crippen molar-refractivity contribution in [2.75, 3.05) is 0 Å². The van der Waals surface area contributed by atoms with Crippen LogP contribution < -0.4 is 0 Å². The molecule has 3 nitrogen and oxygen atoms in total. The molecule has 0 radical (unpaired) electrons. The molecule has 0 heterocycles. The van der Waals surface area contributed by atoms with E-state index in [1.54, 1.807) is 0 Å². The topological polar surface area (TPSA) is 43.4 Å². The molecule has 7 heteroatoms. The third-order valence-corrected chi connectivity index (χ3v) is 3.61. The Morgan fingerprint density at radius 3 is 2.27 bits per heavy atom. The van der Waals surface area contributed by atoms with Gasteiger partial charge in [0.1, 0.15) is 0 Å². The van der Waals surface area contributed by atoms with E-state index in [0.717, 1.165) is 19.3 Å². The van der Waals surface area contributed by atoms with Crippen LogP contribution in [0.1, 0.15) is 32.6 Å². The molecule has 0 aliphatic heterocycles. The van der Waals surface area contributed by atoms with E-state index in [1.807, 2.05) is 0 Å². The van der Waals surface area contributed by atoms with Crippen molar-refractivity contribution in [3.05, 3.63) is 0 Å². The van der Waals surface area contributed by atoms with E-state index >= 15 is 0 Å². The highest BCUT2D eigenvalue weighted by Crippen LogP contribution is 2.33. The van der Waals surface area contributed by atoms with E-state index in [9.17, 15) is 21.6 Å². The molecule has 1 atom stereocenters. The molecule has 0 aromatic rings. The van der Waals surface area contributed by atoms with Gasteiger partial charge >= 0.3 is 15.6 Å². The maximum absolute atomic E-state index is 11.9. The molecule has 1 aliphatic rings. The van der Waals surface area contributed by atoms with Crippen molar-refractivity contribution in [3.63, 3.8) is 0 Å². The third kappa shape index (κ3) is 3.34. The Balaban J connectivity index is 2.46. The van der Waals surface area contributed by atoms with Crippen LogP contribution in [0.15, 0.2) is 0 Å². The Bertz CT molecular complexity index is 306. The SMILES string of the molecule is CC(CC1CCC1)OS(=O)(=O)C(F)(F)F. The third-order valence-electron chi connectivity index (χ3n) is 2.46. The number of rotatable bonds is 4. The molecule has 1 rings (SSSR count). The van der Waals surface area contributed by atoms with Crippen LogP contribution >= 0.6 is 0 Å². The van der Waals surface area contributed by atoms with Gasteiger partial charge in [0.05, 0.1) is 6.10 Å². The maximum Gasteiger partial charge on any atom is 0.523 e. The van der Waals surface area contributed by atoms with E-state index in [4.69, 9.17) is 0 Å². The van der Waals surface area contributed by atoms with Crippen molar-refractivity contribution in [1.82, 2.24) is 0 Å². The molecular weight excluding hydrogens is 233 g/mol. The standard InChI is InChI=1S/C8H13F3O3S/c1-6(5-7-3-2-4-7)14-15(12,13)8(9,10)11/h6-7H,2-5H2,1H3. The zero-order chi connectivity index (χ0) is 11.7. The lowest BCUT2D eigenvalue weighted by Crippen LogP contribution is -2.30. The summed E-state index contributed by atoms with van der Waals surface area (Å²) < 4.78 is 61.0. The lowest BCUT2D eigenvalue weighted by atomic mass is 9.82. The van der Waals surface area contributed by atoms with Crippen LogP contribution in [0.3, 0.4) is 0 Å². The van der Waals surface area contributed by atoms with Gasteiger partial charge in [-0.1, -0.05) is 19.3 Å². The van der Waals surface area contributed by atoms with E-state index in [2.05, 4.69) is 4.18 Å². The summed E-state index contributed by atoms with van der Waals surface area (Å²) in [7, 11) is -5.43. The van der Waals surface area contributed by atoms with Gasteiger partial charge in [-0.15, -0.1) is 0 Å². The molecule has 1 unspecified atom stereocenters. The Kier molecular flexibility index (Phi) is 3.65. The van der Waals surface area contributed by atoms with Gasteiger partial charge in [0.25, 0.3) is 0 Å². The molecule has 0 bridgehead atoms. The molecule has 0 aromatic carbocycles. The van der Waals surface area contributed by atoms with Gasteiger partial charge in [-0.2, -0.15) is 21.6 Å². The highest BCUT2D eigenvalue weighted by Gasteiger charge is 2.48. The summed E-state index contributed by atoms with van der Waals surface area (Å²) in [6.45, 7) is 1.35. The first-order chi connectivity index (χ1) is 6.72. The van der Waals surface area contributed by atoms with Crippen molar-refractivity contribution >= 4 is 10.1 Å². The molecule has 0 spiro atoms. The number of halogens is 3. The molecule has 90 valence electrons. The largest absolute Gasteiger partial charge is 0.523 e. The molecule has 0 saturated heterocycles. The fourth-order valence-corrected chi connectivity index (χ4v) is 2.13. The molecule has 15 heavy (non-hydrogen) atoms. The van der Waals surface area contributed by atoms with Gasteiger partial charge < -0.3 is 0 Å². The minimum absolute atomic E-state index is 0.309. The van der Waals surface area contributed by atoms with Crippen LogP contribution in [-0.2, 0) is 14.3 Å². The highest BCUT2D eigenvalue weighted by molar-refractivity contribution is 7.87. The van der Waals surface area contributed by atoms with Crippen LogP contribution in [-0.4, -0.2) is 20.0 Å². The minimum atomic E-state index is -5.43. The fraction of sp³-hybridized carbons (Fsp3) is 1.00. The Labute approximate surface area is 86.7 Å². The van der Waals surface area contributed by atoms with Gasteiger partial charge in [-0.3, -0.25) is 4.18 Å². The van der Waals surface area contributed by atoms with Crippen LogP contribution in [0.2, 0.25) is 0 Å². The van der Waals surface area contributed by atoms with E-state index in [0.29, 0.717) is 12.3 Å². The zero-order valence-corrected chi connectivity index (χ0v) is 9.07. The second-order valence-electron chi connectivity index (χ2n) is 3.84. The quantitative estimate of drug-likeness (QED) is 0.565. The molecule has 1 aliphatic carbocycles. The van der Waals surface area contributed by atoms with Crippen molar-refractivity contribution < 1.29 is 25.8 Å². The Hall–Kier alpha value is -0.300. The van der Waals surface area contributed by atoms with Gasteiger partial charge in [0.2, 0.25) is 0 Å². The van der Waals surface area contributed by atoms with Crippen LogP contribution in [0, 0.1) is 5.92 Å². The molecule has 0 amide bonds. The van der Waals surface area contributed by atoms with Crippen molar-refractivity contribution in [2.24, 2.45) is 5.92 Å². The van der Waals surface area contributed by atoms with Crippen molar-refractivity contribution in [2.45, 2.75) is 44.2 Å². The summed E-state index contributed by atoms with van der Waals surface area (Å²) in [6, 6.07) is 0. The van der Waals surface area contributed by atoms with Gasteiger partial charge in [-0.25, -0.2) is 0 Å². The second-order valence-corrected chi connectivity index (χ2v) is 5.40. The Morgan fingerprint density at radius 2 is 1.93 bits per heavy atom. The average molecular weight is 246 g/mol. The van der Waals surface area contributed by atoms with Gasteiger partial charge in [0, 0.05) is 0 Å². The summed E-state index contributed by atoms with van der Waals surface area (Å²) in [4.78, 5) is 0. The predicted molar refractivity (Wildman–Crippen MR) is 47.5 cm³/mol. The van der Waals surface area contributed by atoms with E-state index in [1.165, 1.54) is 6.92 Å². The summed E-state index contributed by atoms with van der Waals surface area (Å²) in [6.07, 6.45) is 2.42. The normalized spacial score (nSPS) is 21.1. The zero-order valence-electron chi connectivity index (χ0n) is 8.25. The van der Waals surface area contributed by atoms with Crippen LogP contribution in [0.25, 0.3) is 0 Å². The summed E-state index contributed by atoms with van der Waals surface area (Å²) in [5.74, 6) is 0.309. The monoisotopic (exact) mass is 246 g/mol. The first-order valence-corrected chi connectivity index (χ1v) is 6.13. The second kappa shape index (κ2) is 4.29. The maximum atomic E-state index is 11.9. The number of hydrogen-bond acceptors (Lipinski definition) is 3. The lowest BCUT2D eigenvalue weighted by molar-refractivity contribution is -0.0577. The van der Waals surface area contributed by atoms with Crippen molar-refractivity contribution in [3.8, 4) is 0 Å². The molecule has 0 aromatic heterocycles. The Morgan fingerprint density at radius 1 is 1.40 bits per heavy atom. The first kappa shape index (κ1) is 12.8. The minimum Gasteiger partial charge on any atom is -0.260 e. The molecule has 0 N–H and O–H groups in total. The van der Waals surface area contributed by atoms with Gasteiger partial charge in [-0.05, 0) is 19.3 Å². The highest BCUT2D eigenvalue weighted by atomic mass is 32.2. The summed E-state index contributed by atoms with van der Waals surface area (Å²) >= 11 is 0.